The van der Waals surface area contributed by atoms with Gasteiger partial charge in [-0.3, -0.25) is 15.0 Å². The second kappa shape index (κ2) is 42.9. The first-order valence-electron chi connectivity index (χ1n) is 48.4. The average molecular weight is 1870 g/mol. The van der Waals surface area contributed by atoms with E-state index in [1.165, 1.54) is 141 Å². The van der Waals surface area contributed by atoms with Crippen molar-refractivity contribution in [2.45, 2.75) is 63.3 Å². The molecule has 0 fully saturated rings. The van der Waals surface area contributed by atoms with Crippen molar-refractivity contribution in [3.05, 3.63) is 538 Å². The van der Waals surface area contributed by atoms with E-state index in [9.17, 15) is 14.0 Å². The summed E-state index contributed by atoms with van der Waals surface area (Å²) in [7, 11) is 11.7. The van der Waals surface area contributed by atoms with E-state index in [2.05, 4.69) is 346 Å². The van der Waals surface area contributed by atoms with Crippen molar-refractivity contribution in [2.75, 3.05) is 83.3 Å². The molecule has 0 saturated carbocycles. The lowest BCUT2D eigenvalue weighted by Gasteiger charge is -2.35. The second-order valence-corrected chi connectivity index (χ2v) is 36.0. The van der Waals surface area contributed by atoms with Crippen molar-refractivity contribution < 1.29 is 28.2 Å². The van der Waals surface area contributed by atoms with E-state index in [1.54, 1.807) is 14.2 Å². The fourth-order valence-corrected chi connectivity index (χ4v) is 20.9. The van der Waals surface area contributed by atoms with E-state index in [-0.39, 0.29) is 35.4 Å². The van der Waals surface area contributed by atoms with Crippen LogP contribution in [0.2, 0.25) is 0 Å². The van der Waals surface area contributed by atoms with E-state index in [0.717, 1.165) is 88.0 Å². The molecule has 18 aromatic carbocycles. The van der Waals surface area contributed by atoms with Crippen molar-refractivity contribution in [3.8, 4) is 11.5 Å². The molecule has 1 amide bonds. The highest BCUT2D eigenvalue weighted by Crippen LogP contribution is 2.53. The lowest BCUT2D eigenvalue weighted by Crippen LogP contribution is -2.37. The Morgan fingerprint density at radius 2 is 0.613 bits per heavy atom. The molecule has 0 radical (unpaired) electrons. The number of ether oxygens (including phenoxy) is 3. The number of methoxy groups -OCH3 is 2. The minimum Gasteiger partial charge on any atom is -0.497 e. The second-order valence-electron chi connectivity index (χ2n) is 36.0. The van der Waals surface area contributed by atoms with Crippen LogP contribution in [0, 0.1) is 5.82 Å². The Hall–Kier alpha value is -17.0. The van der Waals surface area contributed by atoms with Crippen LogP contribution in [0.5, 0.6) is 11.5 Å². The molecule has 7 aliphatic heterocycles. The van der Waals surface area contributed by atoms with Gasteiger partial charge >= 0.3 is 5.97 Å². The number of halogens is 1. The molecule has 3 N–H and O–H groups in total. The Morgan fingerprint density at radius 1 is 0.317 bits per heavy atom. The Morgan fingerprint density at radius 3 is 1.00 bits per heavy atom. The minimum absolute atomic E-state index is 0.180. The minimum atomic E-state index is -0.353. The topological polar surface area (TPSA) is 123 Å². The van der Waals surface area contributed by atoms with Gasteiger partial charge in [0.05, 0.1) is 32.4 Å². The average Bonchev–Trinajstić information content (AvgIpc) is 0.746. The zero-order valence-corrected chi connectivity index (χ0v) is 81.1. The van der Waals surface area contributed by atoms with Gasteiger partial charge in [-0.15, -0.1) is 0 Å². The van der Waals surface area contributed by atoms with Crippen molar-refractivity contribution in [1.82, 2.24) is 5.43 Å². The summed E-state index contributed by atoms with van der Waals surface area (Å²) in [6.45, 7) is 5.43. The van der Waals surface area contributed by atoms with E-state index in [0.29, 0.717) is 12.5 Å². The molecule has 0 bridgehead atoms. The number of nitrogens with two attached hydrogens (primary N) is 1. The van der Waals surface area contributed by atoms with E-state index in [1.807, 2.05) is 167 Å². The number of hydrogen-bond donors (Lipinski definition) is 2. The number of amides is 1. The summed E-state index contributed by atoms with van der Waals surface area (Å²) in [6.07, 6.45) is 2.92. The first-order chi connectivity index (χ1) is 69.7. The zero-order chi connectivity index (χ0) is 97.7. The highest BCUT2D eigenvalue weighted by Gasteiger charge is 2.37. The van der Waals surface area contributed by atoms with Crippen LogP contribution >= 0.6 is 0 Å². The largest absolute Gasteiger partial charge is 0.497 e. The molecule has 142 heavy (non-hydrogen) atoms. The van der Waals surface area contributed by atoms with Gasteiger partial charge in [0.15, 0.2) is 0 Å². The standard InChI is InChI=1S/C21H19NO.C20H17NO.C20H17N.C19H14FN.C17H17NO2.C15H15N3O.C15H15N/c1-22-19-9-5-3-7-17(19)21(18-8-4-6-10-20(18)22)15-11-13-16(23-2)14-12-15;1-22-18-12-11-16-13-15-7-5-6-10-19(15)21(20(16)14-18)17-8-3-2-4-9-17;1-2-8-16(9-3-1)15-21-19-12-6-4-10-17(19)14-18-11-5-7-13-20(18)21;20-16-9-11-17(12-10-16)21-18-7-3-1-5-14(18)13-15-6-2-4-8-19(15)21;1-3-20-17(19)16-12-8-4-6-10-14(12)18(2)15-11-7-5-9-13(15)16;1-18-12-8-4-2-6-10(12)14(15(19)17-16)11-7-3-5-9-13(11)18;1-11-12-7-3-5-9-14(12)16(2)15-10-6-4-8-13(11)15/h3-14,21H,1-2H3;2-12,14H,13H2,1H3;1-13H,14-15H2;1-12H,13H2;4-11,16H,3H2,1-2H3;2-9,14H,16H2,1H3,(H,17,19);3-11H,1-2H3. The summed E-state index contributed by atoms with van der Waals surface area (Å²) in [5.74, 6) is 6.60. The normalized spacial score (nSPS) is 13.2. The monoisotopic (exact) mass is 1860 g/mol. The first kappa shape index (κ1) is 94.0. The van der Waals surface area contributed by atoms with Crippen molar-refractivity contribution >= 4 is 103 Å². The third kappa shape index (κ3) is 19.3. The van der Waals surface area contributed by atoms with Gasteiger partial charge in [0, 0.05) is 157 Å². The number of carbonyl (C=O) groups is 2. The SMILES string of the molecule is CC1c2ccccc2N(C)c2ccccc21.CCOC(=O)C1c2ccccc2N(C)c2ccccc21.CN1c2ccccc2C(C(=O)NN)c2ccccc21.COc1ccc(C2c3ccccc3N(C)c3ccccc32)cc1.COc1ccc2c(c1)N(c1ccccc1)c1ccccc1C2.Fc1ccc(N2c3ccccc3Cc3ccccc32)cc1.c1ccc(CN2c3ccccc3Cc3ccccc32)cc1. The fraction of sp³-hybridized carbons (Fsp3) is 0.134. The number of benzene rings is 18. The van der Waals surface area contributed by atoms with Gasteiger partial charge < -0.3 is 48.5 Å². The molecule has 18 aromatic rings. The molecule has 704 valence electrons. The highest BCUT2D eigenvalue weighted by atomic mass is 19.1. The van der Waals surface area contributed by atoms with E-state index < -0.39 is 0 Å². The number of carbonyl (C=O) groups excluding carboxylic acids is 2. The Labute approximate surface area is 832 Å². The highest BCUT2D eigenvalue weighted by molar-refractivity contribution is 5.95. The lowest BCUT2D eigenvalue weighted by atomic mass is 9.80. The lowest BCUT2D eigenvalue weighted by molar-refractivity contribution is -0.143. The first-order valence-corrected chi connectivity index (χ1v) is 48.4. The van der Waals surface area contributed by atoms with Crippen LogP contribution in [-0.4, -0.2) is 60.9 Å². The number of nitrogens with one attached hydrogen (secondary N) is 1. The molecule has 0 spiro atoms. The molecule has 0 atom stereocenters. The maximum Gasteiger partial charge on any atom is 0.318 e. The van der Waals surface area contributed by atoms with Gasteiger partial charge in [0.25, 0.3) is 0 Å². The molecular weight excluding hydrogens is 1750 g/mol. The van der Waals surface area contributed by atoms with Crippen LogP contribution in [0.4, 0.5) is 95.4 Å². The van der Waals surface area contributed by atoms with E-state index >= 15 is 0 Å². The third-order valence-corrected chi connectivity index (χ3v) is 27.8. The van der Waals surface area contributed by atoms with Crippen LogP contribution < -0.4 is 55.0 Å². The van der Waals surface area contributed by atoms with Gasteiger partial charge in [0.1, 0.15) is 23.2 Å². The zero-order valence-electron chi connectivity index (χ0n) is 81.1. The summed E-state index contributed by atoms with van der Waals surface area (Å²) < 4.78 is 29.2. The molecule has 0 aliphatic carbocycles. The molecule has 15 heteroatoms. The van der Waals surface area contributed by atoms with Gasteiger partial charge in [-0.2, -0.15) is 0 Å². The Bertz CT molecular complexity index is 7180. The summed E-state index contributed by atoms with van der Waals surface area (Å²) in [4.78, 5) is 40.3. The molecule has 0 saturated heterocycles. The molecule has 7 heterocycles. The molecule has 14 nitrogen and oxygen atoms in total. The van der Waals surface area contributed by atoms with E-state index in [4.69, 9.17) is 20.1 Å². The molecular formula is C127H114FN9O5. The molecule has 7 aliphatic rings. The summed E-state index contributed by atoms with van der Waals surface area (Å²) in [6, 6.07) is 152. The fourth-order valence-electron chi connectivity index (χ4n) is 20.9. The number of anilines is 16. The Kier molecular flexibility index (Phi) is 28.4. The molecule has 0 unspecified atom stereocenters. The predicted octanol–water partition coefficient (Wildman–Crippen LogP) is 29.4. The van der Waals surface area contributed by atoms with Crippen LogP contribution in [0.1, 0.15) is 127 Å². The summed E-state index contributed by atoms with van der Waals surface area (Å²) in [5.41, 5.74) is 41.5. The smallest absolute Gasteiger partial charge is 0.318 e. The molecule has 25 rings (SSSR count). The van der Waals surface area contributed by atoms with Gasteiger partial charge in [0.2, 0.25) is 5.91 Å². The van der Waals surface area contributed by atoms with Crippen molar-refractivity contribution in [2.24, 2.45) is 5.84 Å². The van der Waals surface area contributed by atoms with Crippen molar-refractivity contribution in [3.63, 3.8) is 0 Å². The predicted molar refractivity (Wildman–Crippen MR) is 580 cm³/mol. The van der Waals surface area contributed by atoms with Gasteiger partial charge in [-0.25, -0.2) is 10.2 Å². The van der Waals surface area contributed by atoms with Gasteiger partial charge in [-0.1, -0.05) is 310 Å². The summed E-state index contributed by atoms with van der Waals surface area (Å²) in [5, 5.41) is 0. The maximum atomic E-state index is 13.2. The number of nitrogens with zero attached hydrogens (tertiary/aromatic N) is 7. The molecule has 0 aromatic heterocycles. The number of fused-ring (bicyclic) bond motifs is 14. The maximum absolute atomic E-state index is 13.2. The number of hydrazine groups is 1. The van der Waals surface area contributed by atoms with Crippen LogP contribution in [0.3, 0.4) is 0 Å². The number of para-hydroxylation sites is 14. The number of hydrogen-bond acceptors (Lipinski definition) is 13. The third-order valence-electron chi connectivity index (χ3n) is 27.8. The quantitative estimate of drug-likeness (QED) is 0.0585. The summed E-state index contributed by atoms with van der Waals surface area (Å²) >= 11 is 0. The van der Waals surface area contributed by atoms with Crippen LogP contribution in [0.15, 0.2) is 443 Å². The van der Waals surface area contributed by atoms with Crippen LogP contribution in [0.25, 0.3) is 0 Å². The van der Waals surface area contributed by atoms with Crippen LogP contribution in [-0.2, 0) is 40.1 Å². The number of esters is 1. The number of rotatable bonds is 10. The Balaban J connectivity index is 0.000000105. The van der Waals surface area contributed by atoms with Gasteiger partial charge in [-0.05, 0) is 229 Å². The van der Waals surface area contributed by atoms with Crippen molar-refractivity contribution in [1.29, 1.82) is 0 Å².